The van der Waals surface area contributed by atoms with Crippen LogP contribution in [0.4, 0.5) is 10.8 Å². The predicted octanol–water partition coefficient (Wildman–Crippen LogP) is 2.13. The first-order valence-electron chi connectivity index (χ1n) is 6.79. The van der Waals surface area contributed by atoms with Crippen molar-refractivity contribution in [2.45, 2.75) is 26.7 Å². The zero-order valence-electron chi connectivity index (χ0n) is 11.9. The van der Waals surface area contributed by atoms with Gasteiger partial charge in [0, 0.05) is 19.8 Å². The van der Waals surface area contributed by atoms with Crippen LogP contribution >= 0.6 is 11.5 Å². The van der Waals surface area contributed by atoms with Gasteiger partial charge in [-0.2, -0.15) is 4.37 Å². The maximum atomic E-state index is 11.9. The van der Waals surface area contributed by atoms with E-state index in [0.717, 1.165) is 32.6 Å². The lowest BCUT2D eigenvalue weighted by molar-refractivity contribution is 0.0300. The van der Waals surface area contributed by atoms with Gasteiger partial charge in [0.25, 0.3) is 0 Å². The van der Waals surface area contributed by atoms with Crippen molar-refractivity contribution in [3.8, 4) is 0 Å². The number of nitrogen functional groups attached to an aromatic ring is 1. The summed E-state index contributed by atoms with van der Waals surface area (Å²) in [5.74, 6) is -0.188. The zero-order chi connectivity index (χ0) is 14.6. The lowest BCUT2D eigenvalue weighted by atomic mass is 9.82. The van der Waals surface area contributed by atoms with E-state index in [2.05, 4.69) is 16.6 Å². The second kappa shape index (κ2) is 6.41. The molecule has 0 saturated carbocycles. The fourth-order valence-electron chi connectivity index (χ4n) is 2.16. The topological polar surface area (TPSA) is 86.5 Å². The number of ether oxygens (including phenoxy) is 2. The summed E-state index contributed by atoms with van der Waals surface area (Å²) in [6.07, 6.45) is 2.01. The van der Waals surface area contributed by atoms with Gasteiger partial charge in [-0.05, 0) is 36.7 Å². The van der Waals surface area contributed by atoms with Crippen molar-refractivity contribution in [3.63, 3.8) is 0 Å². The minimum Gasteiger partial charge on any atom is -0.462 e. The molecule has 0 spiro atoms. The lowest BCUT2D eigenvalue weighted by Gasteiger charge is -2.33. The van der Waals surface area contributed by atoms with Crippen LogP contribution < -0.4 is 11.1 Å². The third kappa shape index (κ3) is 3.40. The summed E-state index contributed by atoms with van der Waals surface area (Å²) < 4.78 is 14.4. The molecule has 0 radical (unpaired) electrons. The first kappa shape index (κ1) is 15.1. The van der Waals surface area contributed by atoms with E-state index in [-0.39, 0.29) is 11.2 Å². The molecule has 1 fully saturated rings. The summed E-state index contributed by atoms with van der Waals surface area (Å²) in [5.41, 5.74) is 6.28. The Morgan fingerprint density at radius 1 is 1.55 bits per heavy atom. The van der Waals surface area contributed by atoms with Crippen molar-refractivity contribution < 1.29 is 14.3 Å². The van der Waals surface area contributed by atoms with Gasteiger partial charge in [-0.25, -0.2) is 4.79 Å². The summed E-state index contributed by atoms with van der Waals surface area (Å²) in [7, 11) is 0. The molecule has 2 heterocycles. The Labute approximate surface area is 122 Å². The fourth-order valence-corrected chi connectivity index (χ4v) is 2.86. The van der Waals surface area contributed by atoms with Gasteiger partial charge in [-0.1, -0.05) is 6.92 Å². The molecule has 0 amide bonds. The summed E-state index contributed by atoms with van der Waals surface area (Å²) in [4.78, 5) is 11.9. The fraction of sp³-hybridized carbons (Fsp3) is 0.692. The van der Waals surface area contributed by atoms with E-state index in [1.54, 1.807) is 6.92 Å². The van der Waals surface area contributed by atoms with Crippen LogP contribution in [0, 0.1) is 5.41 Å². The molecule has 7 heteroatoms. The van der Waals surface area contributed by atoms with Crippen LogP contribution in [0.25, 0.3) is 0 Å². The van der Waals surface area contributed by atoms with Crippen molar-refractivity contribution in [3.05, 3.63) is 5.56 Å². The molecular weight excluding hydrogens is 278 g/mol. The highest BCUT2D eigenvalue weighted by atomic mass is 32.1. The standard InChI is InChI=1S/C13H21N3O3S/c1-3-19-12(17)9-10(14)16-20-11(9)15-8-13(2)4-6-18-7-5-13/h15H,3-8H2,1-2H3,(H2,14,16). The molecule has 0 aromatic carbocycles. The molecule has 1 aromatic heterocycles. The highest BCUT2D eigenvalue weighted by Crippen LogP contribution is 2.33. The van der Waals surface area contributed by atoms with E-state index in [0.29, 0.717) is 17.2 Å². The van der Waals surface area contributed by atoms with Crippen molar-refractivity contribution in [2.75, 3.05) is 37.4 Å². The van der Waals surface area contributed by atoms with Gasteiger partial charge in [0.2, 0.25) is 0 Å². The van der Waals surface area contributed by atoms with E-state index in [9.17, 15) is 4.79 Å². The van der Waals surface area contributed by atoms with Crippen LogP contribution in [-0.4, -0.2) is 36.7 Å². The molecule has 0 unspecified atom stereocenters. The molecular formula is C13H21N3O3S. The van der Waals surface area contributed by atoms with Gasteiger partial charge in [0.05, 0.1) is 6.61 Å². The molecule has 0 aliphatic carbocycles. The Kier molecular flexibility index (Phi) is 4.82. The number of esters is 1. The number of nitrogens with zero attached hydrogens (tertiary/aromatic N) is 1. The van der Waals surface area contributed by atoms with Gasteiger partial charge < -0.3 is 20.5 Å². The summed E-state index contributed by atoms with van der Waals surface area (Å²) in [6.45, 7) is 6.65. The van der Waals surface area contributed by atoms with Crippen LogP contribution in [0.15, 0.2) is 0 Å². The van der Waals surface area contributed by atoms with Crippen LogP contribution in [0.2, 0.25) is 0 Å². The van der Waals surface area contributed by atoms with Crippen molar-refractivity contribution in [1.29, 1.82) is 0 Å². The number of hydrogen-bond donors (Lipinski definition) is 2. The van der Waals surface area contributed by atoms with Crippen LogP contribution in [-0.2, 0) is 9.47 Å². The SMILES string of the molecule is CCOC(=O)c1c(N)nsc1NCC1(C)CCOCC1. The van der Waals surface area contributed by atoms with Gasteiger partial charge in [0.1, 0.15) is 10.6 Å². The number of nitrogens with two attached hydrogens (primary N) is 1. The molecule has 112 valence electrons. The van der Waals surface area contributed by atoms with E-state index >= 15 is 0 Å². The quantitative estimate of drug-likeness (QED) is 0.810. The van der Waals surface area contributed by atoms with Gasteiger partial charge in [0.15, 0.2) is 5.82 Å². The number of aromatic nitrogens is 1. The Morgan fingerprint density at radius 3 is 2.90 bits per heavy atom. The number of carbonyl (C=O) groups excluding carboxylic acids is 1. The minimum absolute atomic E-state index is 0.170. The van der Waals surface area contributed by atoms with Crippen LogP contribution in [0.1, 0.15) is 37.0 Å². The van der Waals surface area contributed by atoms with Crippen molar-refractivity contribution in [2.24, 2.45) is 5.41 Å². The summed E-state index contributed by atoms with van der Waals surface area (Å²) >= 11 is 1.20. The maximum absolute atomic E-state index is 11.9. The molecule has 1 aromatic rings. The van der Waals surface area contributed by atoms with Gasteiger partial charge in [-0.3, -0.25) is 0 Å². The number of hydrogen-bond acceptors (Lipinski definition) is 7. The third-order valence-electron chi connectivity index (χ3n) is 3.57. The van der Waals surface area contributed by atoms with E-state index in [1.165, 1.54) is 11.5 Å². The lowest BCUT2D eigenvalue weighted by Crippen LogP contribution is -2.33. The number of nitrogens with one attached hydrogen (secondary N) is 1. The number of anilines is 2. The Morgan fingerprint density at radius 2 is 2.25 bits per heavy atom. The first-order chi connectivity index (χ1) is 9.56. The highest BCUT2D eigenvalue weighted by molar-refractivity contribution is 7.11. The zero-order valence-corrected chi connectivity index (χ0v) is 12.7. The van der Waals surface area contributed by atoms with E-state index in [4.69, 9.17) is 15.2 Å². The molecule has 2 rings (SSSR count). The van der Waals surface area contributed by atoms with Crippen LogP contribution in [0.5, 0.6) is 0 Å². The Hall–Kier alpha value is -1.34. The van der Waals surface area contributed by atoms with Crippen molar-refractivity contribution >= 4 is 28.3 Å². The average Bonchev–Trinajstić information content (AvgIpc) is 2.79. The highest BCUT2D eigenvalue weighted by Gasteiger charge is 2.28. The molecule has 1 aliphatic rings. The average molecular weight is 299 g/mol. The molecule has 3 N–H and O–H groups in total. The monoisotopic (exact) mass is 299 g/mol. The Bertz CT molecular complexity index is 469. The maximum Gasteiger partial charge on any atom is 0.344 e. The van der Waals surface area contributed by atoms with Gasteiger partial charge >= 0.3 is 5.97 Å². The molecule has 1 aliphatic heterocycles. The minimum atomic E-state index is -0.418. The molecule has 0 bridgehead atoms. The molecule has 0 atom stereocenters. The van der Waals surface area contributed by atoms with Crippen molar-refractivity contribution in [1.82, 2.24) is 4.37 Å². The number of rotatable bonds is 5. The molecule has 6 nitrogen and oxygen atoms in total. The number of carbonyl (C=O) groups is 1. The second-order valence-electron chi connectivity index (χ2n) is 5.27. The Balaban J connectivity index is 2.04. The largest absolute Gasteiger partial charge is 0.462 e. The van der Waals surface area contributed by atoms with E-state index in [1.807, 2.05) is 0 Å². The third-order valence-corrected chi connectivity index (χ3v) is 4.39. The normalized spacial score (nSPS) is 17.7. The molecule has 1 saturated heterocycles. The van der Waals surface area contributed by atoms with E-state index < -0.39 is 5.97 Å². The summed E-state index contributed by atoms with van der Waals surface area (Å²) in [5, 5.41) is 3.99. The predicted molar refractivity (Wildman–Crippen MR) is 79.1 cm³/mol. The second-order valence-corrected chi connectivity index (χ2v) is 6.04. The summed E-state index contributed by atoms with van der Waals surface area (Å²) in [6, 6.07) is 0. The molecule has 20 heavy (non-hydrogen) atoms. The van der Waals surface area contributed by atoms with Crippen LogP contribution in [0.3, 0.4) is 0 Å². The smallest absolute Gasteiger partial charge is 0.344 e. The van der Waals surface area contributed by atoms with Gasteiger partial charge in [-0.15, -0.1) is 0 Å². The first-order valence-corrected chi connectivity index (χ1v) is 7.57.